The molecular weight excluding hydrogens is 1040 g/mol. The minimum absolute atomic E-state index is 0.0361. The predicted molar refractivity (Wildman–Crippen MR) is 320 cm³/mol. The Labute approximate surface area is 490 Å². The number of benzene rings is 7. The second-order valence-electron chi connectivity index (χ2n) is 20.8. The fraction of sp³-hybridized carbons (Fsp3) is 0.371. The molecule has 0 spiro atoms. The molecule has 1 heterocycles. The Balaban J connectivity index is 1.04. The molecule has 7 aromatic carbocycles. The van der Waals surface area contributed by atoms with Crippen molar-refractivity contribution in [3.63, 3.8) is 0 Å². The fourth-order valence-corrected chi connectivity index (χ4v) is 9.95. The highest BCUT2D eigenvalue weighted by Gasteiger charge is 2.50. The topological polar surface area (TPSA) is 141 Å². The van der Waals surface area contributed by atoms with E-state index in [0.717, 1.165) is 64.6 Å². The van der Waals surface area contributed by atoms with Crippen LogP contribution in [0, 0.1) is 0 Å². The molecule has 13 nitrogen and oxygen atoms in total. The van der Waals surface area contributed by atoms with Crippen LogP contribution in [0.15, 0.2) is 212 Å². The van der Waals surface area contributed by atoms with E-state index in [1.807, 2.05) is 212 Å². The van der Waals surface area contributed by atoms with Gasteiger partial charge in [-0.3, -0.25) is 4.79 Å². The summed E-state index contributed by atoms with van der Waals surface area (Å²) in [6.07, 6.45) is -0.595. The molecule has 1 saturated heterocycles. The third-order valence-corrected chi connectivity index (χ3v) is 14.4. The first-order valence-corrected chi connectivity index (χ1v) is 29.4. The highest BCUT2D eigenvalue weighted by molar-refractivity contribution is 5.76. The van der Waals surface area contributed by atoms with Gasteiger partial charge >= 0.3 is 6.09 Å². The Hall–Kier alpha value is -7.04. The van der Waals surface area contributed by atoms with Crippen LogP contribution in [0.2, 0.25) is 0 Å². The first-order chi connectivity index (χ1) is 41.0. The lowest BCUT2D eigenvalue weighted by atomic mass is 9.97. The maximum atomic E-state index is 14.4. The first-order valence-electron chi connectivity index (χ1n) is 29.4. The van der Waals surface area contributed by atoms with Gasteiger partial charge in [0.2, 0.25) is 5.91 Å². The lowest BCUT2D eigenvalue weighted by Crippen LogP contribution is -2.62. The molecular formula is C70H82N2O11. The molecule has 1 aliphatic heterocycles. The van der Waals surface area contributed by atoms with Crippen molar-refractivity contribution in [3.05, 3.63) is 251 Å². The predicted octanol–water partition coefficient (Wildman–Crippen LogP) is 13.0. The van der Waals surface area contributed by atoms with Gasteiger partial charge < -0.3 is 53.3 Å². The Morgan fingerprint density at radius 2 is 0.880 bits per heavy atom. The summed E-state index contributed by atoms with van der Waals surface area (Å²) in [5.41, 5.74) is 6.88. The van der Waals surface area contributed by atoms with Crippen molar-refractivity contribution >= 4 is 12.0 Å². The van der Waals surface area contributed by atoms with Gasteiger partial charge in [0, 0.05) is 13.0 Å². The molecule has 0 radical (unpaired) electrons. The van der Waals surface area contributed by atoms with Crippen LogP contribution in [0.25, 0.3) is 0 Å². The van der Waals surface area contributed by atoms with Crippen LogP contribution in [-0.4, -0.2) is 80.7 Å². The van der Waals surface area contributed by atoms with Gasteiger partial charge in [0.15, 0.2) is 6.29 Å². The fourth-order valence-electron chi connectivity index (χ4n) is 9.95. The number of amides is 2. The maximum absolute atomic E-state index is 14.4. The summed E-state index contributed by atoms with van der Waals surface area (Å²) in [5, 5.41) is 6.24. The summed E-state index contributed by atoms with van der Waals surface area (Å²) in [4.78, 5) is 26.7. The number of hydrogen-bond donors (Lipinski definition) is 2. The Bertz CT molecular complexity index is 2820. The molecule has 13 heteroatoms. The molecule has 1 fully saturated rings. The molecule has 7 aromatic rings. The lowest BCUT2D eigenvalue weighted by molar-refractivity contribution is -0.330. The largest absolute Gasteiger partial charge is 0.445 e. The average Bonchev–Trinajstić information content (AvgIpc) is 3.73. The highest BCUT2D eigenvalue weighted by atomic mass is 16.7. The SMILES string of the molecule is CC[C@@H](OCc1ccccc1)[C@@H](OCc1ccccc1)[C@H](CO[C@H]1OC(COCc2ccccc2)[C@H](OCc2ccccc2)[C@H](OCc2ccccc2)C1OCc1ccccc1)NC(=O)CCCCCCCNC(=O)OCc1ccccc1. The van der Waals surface area contributed by atoms with Crippen LogP contribution in [0.5, 0.6) is 0 Å². The normalized spacial score (nSPS) is 17.9. The zero-order chi connectivity index (χ0) is 57.4. The molecule has 438 valence electrons. The van der Waals surface area contributed by atoms with Gasteiger partial charge in [0.25, 0.3) is 0 Å². The van der Waals surface area contributed by atoms with Crippen molar-refractivity contribution in [1.82, 2.24) is 10.6 Å². The zero-order valence-electron chi connectivity index (χ0n) is 47.8. The van der Waals surface area contributed by atoms with E-state index < -0.39 is 55.0 Å². The van der Waals surface area contributed by atoms with Crippen LogP contribution in [-0.2, 0) is 93.7 Å². The van der Waals surface area contributed by atoms with Crippen LogP contribution >= 0.6 is 0 Å². The van der Waals surface area contributed by atoms with E-state index in [9.17, 15) is 9.59 Å². The summed E-state index contributed by atoms with van der Waals surface area (Å²) < 4.78 is 60.9. The molecule has 0 saturated carbocycles. The van der Waals surface area contributed by atoms with Gasteiger partial charge in [-0.15, -0.1) is 0 Å². The number of carbonyl (C=O) groups excluding carboxylic acids is 2. The molecule has 2 amide bonds. The summed E-state index contributed by atoms with van der Waals surface area (Å²) in [6, 6.07) is 69.0. The molecule has 2 unspecified atom stereocenters. The number of alkyl carbamates (subject to hydrolysis) is 1. The molecule has 8 atom stereocenters. The second kappa shape index (κ2) is 35.8. The minimum Gasteiger partial charge on any atom is -0.445 e. The zero-order valence-corrected chi connectivity index (χ0v) is 47.8. The minimum atomic E-state index is -1.04. The van der Waals surface area contributed by atoms with Gasteiger partial charge in [-0.25, -0.2) is 4.79 Å². The molecule has 83 heavy (non-hydrogen) atoms. The molecule has 2 N–H and O–H groups in total. The Kier molecular flexibility index (Phi) is 26.8. The monoisotopic (exact) mass is 1130 g/mol. The number of carbonyl (C=O) groups is 2. The average molecular weight is 1130 g/mol. The second-order valence-corrected chi connectivity index (χ2v) is 20.8. The van der Waals surface area contributed by atoms with Crippen LogP contribution in [0.3, 0.4) is 0 Å². The van der Waals surface area contributed by atoms with Crippen molar-refractivity contribution < 1.29 is 52.2 Å². The number of nitrogens with one attached hydrogen (secondary N) is 2. The van der Waals surface area contributed by atoms with Gasteiger partial charge in [0.05, 0.1) is 65.0 Å². The molecule has 0 bridgehead atoms. The van der Waals surface area contributed by atoms with E-state index in [0.29, 0.717) is 32.6 Å². The summed E-state index contributed by atoms with van der Waals surface area (Å²) in [7, 11) is 0. The summed E-state index contributed by atoms with van der Waals surface area (Å²) in [5.74, 6) is -0.139. The van der Waals surface area contributed by atoms with Crippen LogP contribution in [0.4, 0.5) is 4.79 Å². The summed E-state index contributed by atoms with van der Waals surface area (Å²) >= 11 is 0. The number of hydrogen-bond acceptors (Lipinski definition) is 11. The number of ether oxygens (including phenoxy) is 9. The Morgan fingerprint density at radius 3 is 1.39 bits per heavy atom. The van der Waals surface area contributed by atoms with Gasteiger partial charge in [-0.2, -0.15) is 0 Å². The van der Waals surface area contributed by atoms with Crippen LogP contribution < -0.4 is 10.6 Å². The van der Waals surface area contributed by atoms with Crippen LogP contribution in [0.1, 0.15) is 90.8 Å². The van der Waals surface area contributed by atoms with E-state index in [1.165, 1.54) is 0 Å². The van der Waals surface area contributed by atoms with E-state index >= 15 is 0 Å². The number of rotatable bonds is 36. The van der Waals surface area contributed by atoms with Gasteiger partial charge in [-0.1, -0.05) is 239 Å². The van der Waals surface area contributed by atoms with Crippen molar-refractivity contribution in [2.75, 3.05) is 19.8 Å². The lowest BCUT2D eigenvalue weighted by Gasteiger charge is -2.46. The van der Waals surface area contributed by atoms with E-state index in [4.69, 9.17) is 42.6 Å². The summed E-state index contributed by atoms with van der Waals surface area (Å²) in [6.45, 7) is 4.64. The smallest absolute Gasteiger partial charge is 0.407 e. The van der Waals surface area contributed by atoms with Crippen molar-refractivity contribution in [3.8, 4) is 0 Å². The maximum Gasteiger partial charge on any atom is 0.407 e. The van der Waals surface area contributed by atoms with E-state index in [1.54, 1.807) is 0 Å². The van der Waals surface area contributed by atoms with Gasteiger partial charge in [-0.05, 0) is 58.2 Å². The molecule has 0 aromatic heterocycles. The standard InChI is InChI=1S/C70H82N2O11/c1-2-62(76-46-55-31-15-7-16-32-55)65(77-47-56-33-17-8-18-34-56)61(72-64(73)43-27-4-3-5-28-44-71-70(74)82-51-60-41-25-12-26-42-60)52-81-69-68(80-50-59-39-23-11-24-40-59)67(79-49-58-37-21-10-22-38-58)66(78-48-57-35-19-9-20-36-57)63(83-69)53-75-45-54-29-13-6-14-30-54/h6-26,29-42,61-63,65-69H,2-5,27-28,43-53H2,1H3,(H,71,74)(H,72,73)/t61-,62+,63?,65-,66-,67-,68?,69-/m0/s1. The third kappa shape index (κ3) is 21.9. The molecule has 0 aliphatic carbocycles. The van der Waals surface area contributed by atoms with Crippen molar-refractivity contribution in [2.45, 2.75) is 147 Å². The van der Waals surface area contributed by atoms with Gasteiger partial charge in [0.1, 0.15) is 37.1 Å². The molecule has 8 rings (SSSR count). The van der Waals surface area contributed by atoms with Crippen molar-refractivity contribution in [1.29, 1.82) is 0 Å². The highest BCUT2D eigenvalue weighted by Crippen LogP contribution is 2.33. The third-order valence-electron chi connectivity index (χ3n) is 14.4. The van der Waals surface area contributed by atoms with Crippen molar-refractivity contribution in [2.24, 2.45) is 0 Å². The van der Waals surface area contributed by atoms with E-state index in [-0.39, 0.29) is 58.6 Å². The quantitative estimate of drug-likeness (QED) is 0.0363. The first kappa shape index (κ1) is 62.0. The van der Waals surface area contributed by atoms with E-state index in [2.05, 4.69) is 17.6 Å². The Morgan fingerprint density at radius 1 is 0.458 bits per heavy atom. The number of unbranched alkanes of at least 4 members (excludes halogenated alkanes) is 4. The molecule has 1 aliphatic rings.